The zero-order chi connectivity index (χ0) is 9.97. The molecule has 14 heavy (non-hydrogen) atoms. The predicted octanol–water partition coefficient (Wildman–Crippen LogP) is 2.57. The third-order valence-corrected chi connectivity index (χ3v) is 2.15. The first-order chi connectivity index (χ1) is 6.77. The van der Waals surface area contributed by atoms with E-state index in [0.717, 1.165) is 16.5 Å². The van der Waals surface area contributed by atoms with Crippen molar-refractivity contribution >= 4 is 28.8 Å². The molecular weight excluding hydrogens is 198 g/mol. The molecular formula is C10H9NO2S. The van der Waals surface area contributed by atoms with E-state index in [9.17, 15) is 4.79 Å². The molecule has 1 aromatic heterocycles. The molecule has 1 amide bonds. The van der Waals surface area contributed by atoms with Gasteiger partial charge in [-0.25, -0.2) is 0 Å². The van der Waals surface area contributed by atoms with E-state index in [1.807, 2.05) is 24.3 Å². The van der Waals surface area contributed by atoms with E-state index in [0.29, 0.717) is 6.54 Å². The van der Waals surface area contributed by atoms with Gasteiger partial charge in [-0.05, 0) is 6.07 Å². The van der Waals surface area contributed by atoms with Crippen LogP contribution in [0.5, 0.6) is 0 Å². The minimum absolute atomic E-state index is 0.338. The normalized spacial score (nSPS) is 10.4. The van der Waals surface area contributed by atoms with E-state index >= 15 is 0 Å². The first-order valence-corrected chi connectivity index (χ1v) is 4.64. The lowest BCUT2D eigenvalue weighted by atomic mass is 10.2. The first kappa shape index (κ1) is 9.15. The lowest BCUT2D eigenvalue weighted by Crippen LogP contribution is -2.15. The molecule has 1 heterocycles. The Balaban J connectivity index is 2.29. The summed E-state index contributed by atoms with van der Waals surface area (Å²) >= 11 is 3.62. The number of carbonyl (C=O) groups excluding carboxylic acids is 1. The number of benzene rings is 1. The maximum atomic E-state index is 10.6. The van der Waals surface area contributed by atoms with Gasteiger partial charge < -0.3 is 9.73 Å². The van der Waals surface area contributed by atoms with Gasteiger partial charge >= 0.3 is 0 Å². The highest BCUT2D eigenvalue weighted by Crippen LogP contribution is 2.20. The highest BCUT2D eigenvalue weighted by Gasteiger charge is 2.04. The molecule has 0 atom stereocenters. The fourth-order valence-corrected chi connectivity index (χ4v) is 1.42. The second-order valence-corrected chi connectivity index (χ2v) is 3.32. The zero-order valence-corrected chi connectivity index (χ0v) is 8.25. The van der Waals surface area contributed by atoms with Crippen molar-refractivity contribution < 1.29 is 9.21 Å². The van der Waals surface area contributed by atoms with Crippen LogP contribution in [0.25, 0.3) is 11.0 Å². The molecule has 2 rings (SSSR count). The minimum Gasteiger partial charge on any atom is -0.464 e. The number of amides is 1. The molecule has 2 aromatic rings. The summed E-state index contributed by atoms with van der Waals surface area (Å²) in [6, 6.07) is 7.69. The largest absolute Gasteiger partial charge is 0.464 e. The molecule has 0 spiro atoms. The number of rotatable bonds is 2. The summed E-state index contributed by atoms with van der Waals surface area (Å²) < 4.78 is 5.31. The number of fused-ring (bicyclic) bond motifs is 1. The molecule has 0 aliphatic rings. The summed E-state index contributed by atoms with van der Waals surface area (Å²) in [6.45, 7) is 0.444. The Bertz CT molecular complexity index is 464. The van der Waals surface area contributed by atoms with Gasteiger partial charge in [0.1, 0.15) is 5.58 Å². The number of carbonyl (C=O) groups is 1. The summed E-state index contributed by atoms with van der Waals surface area (Å²) in [7, 11) is 0. The van der Waals surface area contributed by atoms with Gasteiger partial charge in [0.15, 0.2) is 0 Å². The molecule has 0 saturated heterocycles. The summed E-state index contributed by atoms with van der Waals surface area (Å²) in [5, 5.41) is 3.29. The van der Waals surface area contributed by atoms with Crippen LogP contribution in [-0.4, -0.2) is 5.24 Å². The first-order valence-electron chi connectivity index (χ1n) is 4.19. The highest BCUT2D eigenvalue weighted by atomic mass is 32.1. The van der Waals surface area contributed by atoms with Gasteiger partial charge in [0.2, 0.25) is 0 Å². The summed E-state index contributed by atoms with van der Waals surface area (Å²) in [6.07, 6.45) is 1.65. The lowest BCUT2D eigenvalue weighted by molar-refractivity contribution is 0.261. The molecule has 0 radical (unpaired) electrons. The van der Waals surface area contributed by atoms with Crippen molar-refractivity contribution in [1.29, 1.82) is 0 Å². The van der Waals surface area contributed by atoms with Crippen molar-refractivity contribution in [1.82, 2.24) is 5.32 Å². The Labute approximate surface area is 86.5 Å². The molecule has 1 N–H and O–H groups in total. The molecule has 0 unspecified atom stereocenters. The van der Waals surface area contributed by atoms with Gasteiger partial charge in [-0.1, -0.05) is 30.8 Å². The highest BCUT2D eigenvalue weighted by molar-refractivity contribution is 7.96. The van der Waals surface area contributed by atoms with Gasteiger partial charge in [-0.2, -0.15) is 0 Å². The van der Waals surface area contributed by atoms with E-state index in [-0.39, 0.29) is 5.24 Å². The van der Waals surface area contributed by atoms with Crippen molar-refractivity contribution in [3.8, 4) is 0 Å². The number of nitrogens with one attached hydrogen (secondary N) is 1. The van der Waals surface area contributed by atoms with Crippen molar-refractivity contribution in [3.63, 3.8) is 0 Å². The Morgan fingerprint density at radius 2 is 2.21 bits per heavy atom. The Kier molecular flexibility index (Phi) is 2.45. The van der Waals surface area contributed by atoms with Crippen molar-refractivity contribution in [2.75, 3.05) is 0 Å². The van der Waals surface area contributed by atoms with Crippen LogP contribution in [0.2, 0.25) is 0 Å². The SMILES string of the molecule is O=C(S)NCc1coc2ccccc12. The third-order valence-electron chi connectivity index (χ3n) is 1.99. The molecule has 3 nitrogen and oxygen atoms in total. The van der Waals surface area contributed by atoms with E-state index < -0.39 is 0 Å². The Hall–Kier alpha value is -1.42. The van der Waals surface area contributed by atoms with Crippen LogP contribution in [-0.2, 0) is 6.54 Å². The molecule has 0 aliphatic carbocycles. The molecule has 72 valence electrons. The Morgan fingerprint density at radius 3 is 3.00 bits per heavy atom. The van der Waals surface area contributed by atoms with Gasteiger partial charge in [0.05, 0.1) is 6.26 Å². The maximum absolute atomic E-state index is 10.6. The summed E-state index contributed by atoms with van der Waals surface area (Å²) in [5.74, 6) is 0. The summed E-state index contributed by atoms with van der Waals surface area (Å²) in [4.78, 5) is 10.6. The van der Waals surface area contributed by atoms with Crippen LogP contribution in [0.1, 0.15) is 5.56 Å². The van der Waals surface area contributed by atoms with Gasteiger partial charge in [-0.3, -0.25) is 4.79 Å². The van der Waals surface area contributed by atoms with Crippen LogP contribution in [0.4, 0.5) is 4.79 Å². The van der Waals surface area contributed by atoms with E-state index in [1.54, 1.807) is 6.26 Å². The number of thiol groups is 1. The van der Waals surface area contributed by atoms with Crippen molar-refractivity contribution in [2.45, 2.75) is 6.54 Å². The molecule has 4 heteroatoms. The van der Waals surface area contributed by atoms with Crippen LogP contribution in [0.15, 0.2) is 34.9 Å². The third kappa shape index (κ3) is 1.75. The van der Waals surface area contributed by atoms with E-state index in [4.69, 9.17) is 4.42 Å². The number of hydrogen-bond donors (Lipinski definition) is 2. The van der Waals surface area contributed by atoms with Crippen LogP contribution in [0, 0.1) is 0 Å². The molecule has 1 aromatic carbocycles. The van der Waals surface area contributed by atoms with Crippen LogP contribution >= 0.6 is 12.6 Å². The van der Waals surface area contributed by atoms with Crippen LogP contribution in [0.3, 0.4) is 0 Å². The summed E-state index contributed by atoms with van der Waals surface area (Å²) in [5.41, 5.74) is 1.79. The molecule has 0 fully saturated rings. The molecule has 0 bridgehead atoms. The number of furan rings is 1. The Morgan fingerprint density at radius 1 is 1.43 bits per heavy atom. The zero-order valence-electron chi connectivity index (χ0n) is 7.36. The van der Waals surface area contributed by atoms with Gasteiger partial charge in [-0.15, -0.1) is 0 Å². The maximum Gasteiger partial charge on any atom is 0.276 e. The van der Waals surface area contributed by atoms with Crippen LogP contribution < -0.4 is 5.32 Å². The van der Waals surface area contributed by atoms with Crippen molar-refractivity contribution in [2.24, 2.45) is 0 Å². The second kappa shape index (κ2) is 3.75. The molecule has 0 aliphatic heterocycles. The van der Waals surface area contributed by atoms with Gasteiger partial charge in [0.25, 0.3) is 5.24 Å². The smallest absolute Gasteiger partial charge is 0.276 e. The van der Waals surface area contributed by atoms with Crippen molar-refractivity contribution in [3.05, 3.63) is 36.1 Å². The molecule has 0 saturated carbocycles. The number of hydrogen-bond acceptors (Lipinski definition) is 2. The average molecular weight is 207 g/mol. The quantitative estimate of drug-likeness (QED) is 0.743. The number of para-hydroxylation sites is 1. The van der Waals surface area contributed by atoms with Gasteiger partial charge in [0, 0.05) is 17.5 Å². The second-order valence-electron chi connectivity index (χ2n) is 2.92. The predicted molar refractivity (Wildman–Crippen MR) is 57.4 cm³/mol. The minimum atomic E-state index is -0.338. The lowest BCUT2D eigenvalue weighted by Gasteiger charge is -1.97. The standard InChI is InChI=1S/C10H9NO2S/c12-10(14)11-5-7-6-13-9-4-2-1-3-8(7)9/h1-4,6H,5H2,(H2,11,12,14). The van der Waals surface area contributed by atoms with E-state index in [1.165, 1.54) is 0 Å². The average Bonchev–Trinajstić information content (AvgIpc) is 2.58. The fraction of sp³-hybridized carbons (Fsp3) is 0.100. The topological polar surface area (TPSA) is 42.2 Å². The fourth-order valence-electron chi connectivity index (χ4n) is 1.34. The van der Waals surface area contributed by atoms with E-state index in [2.05, 4.69) is 17.9 Å². The monoisotopic (exact) mass is 207 g/mol.